The fraction of sp³-hybridized carbons (Fsp3) is 0.167. The first-order valence-corrected chi connectivity index (χ1v) is 7.66. The van der Waals surface area contributed by atoms with Gasteiger partial charge in [0, 0.05) is 5.56 Å². The van der Waals surface area contributed by atoms with E-state index in [1.165, 1.54) is 12.1 Å². The zero-order chi connectivity index (χ0) is 17.5. The summed E-state index contributed by atoms with van der Waals surface area (Å²) in [6, 6.07) is 14.6. The number of ketones is 1. The van der Waals surface area contributed by atoms with E-state index < -0.39 is 17.6 Å². The minimum atomic E-state index is -1.46. The number of benzene rings is 2. The molecule has 0 saturated carbocycles. The van der Waals surface area contributed by atoms with E-state index in [9.17, 15) is 14.9 Å². The van der Waals surface area contributed by atoms with Crippen molar-refractivity contribution >= 4 is 29.0 Å². The Morgan fingerprint density at radius 2 is 1.88 bits per heavy atom. The van der Waals surface area contributed by atoms with Crippen LogP contribution in [0.4, 0.5) is 5.69 Å². The standard InChI is InChI=1S/C18H15ClN2O3/c1-2-24-13-9-7-12(8-10-13)17(22)14(11-20)18(23)21-16-6-4-3-5-15(16)19/h3-10,14H,2H2,1H3,(H,21,23)/t14-/m0/s1. The Kier molecular flexibility index (Phi) is 5.94. The number of hydrogen-bond donors (Lipinski definition) is 1. The molecular formula is C18H15ClN2O3. The van der Waals surface area contributed by atoms with Crippen molar-refractivity contribution in [1.82, 2.24) is 0 Å². The van der Waals surface area contributed by atoms with Crippen LogP contribution in [0, 0.1) is 17.2 Å². The van der Waals surface area contributed by atoms with E-state index in [-0.39, 0.29) is 5.56 Å². The molecule has 5 nitrogen and oxygen atoms in total. The van der Waals surface area contributed by atoms with E-state index in [2.05, 4.69) is 5.32 Å². The fourth-order valence-corrected chi connectivity index (χ4v) is 2.24. The molecule has 1 atom stereocenters. The highest BCUT2D eigenvalue weighted by molar-refractivity contribution is 6.34. The number of hydrogen-bond acceptors (Lipinski definition) is 4. The summed E-state index contributed by atoms with van der Waals surface area (Å²) in [4.78, 5) is 24.6. The summed E-state index contributed by atoms with van der Waals surface area (Å²) in [6.45, 7) is 2.36. The van der Waals surface area contributed by atoms with Gasteiger partial charge >= 0.3 is 0 Å². The molecule has 0 aliphatic heterocycles. The Labute approximate surface area is 144 Å². The SMILES string of the molecule is CCOc1ccc(C(=O)[C@H](C#N)C(=O)Nc2ccccc2Cl)cc1. The zero-order valence-corrected chi connectivity index (χ0v) is 13.7. The van der Waals surface area contributed by atoms with Gasteiger partial charge in [-0.15, -0.1) is 0 Å². The molecule has 1 N–H and O–H groups in total. The van der Waals surface area contributed by atoms with Gasteiger partial charge in [-0.2, -0.15) is 5.26 Å². The van der Waals surface area contributed by atoms with Crippen LogP contribution < -0.4 is 10.1 Å². The Morgan fingerprint density at radius 3 is 2.46 bits per heavy atom. The number of carbonyl (C=O) groups is 2. The minimum absolute atomic E-state index is 0.263. The van der Waals surface area contributed by atoms with Crippen LogP contribution in [0.3, 0.4) is 0 Å². The fourth-order valence-electron chi connectivity index (χ4n) is 2.05. The van der Waals surface area contributed by atoms with Gasteiger partial charge < -0.3 is 10.1 Å². The molecule has 0 aromatic heterocycles. The third kappa shape index (κ3) is 4.12. The highest BCUT2D eigenvalue weighted by atomic mass is 35.5. The Bertz CT molecular complexity index is 782. The van der Waals surface area contributed by atoms with Crippen molar-refractivity contribution in [2.45, 2.75) is 6.92 Å². The number of ether oxygens (including phenoxy) is 1. The smallest absolute Gasteiger partial charge is 0.249 e. The topological polar surface area (TPSA) is 79.2 Å². The van der Waals surface area contributed by atoms with Crippen molar-refractivity contribution in [3.63, 3.8) is 0 Å². The van der Waals surface area contributed by atoms with Crippen LogP contribution in [0.1, 0.15) is 17.3 Å². The number of Topliss-reactive ketones (excluding diaryl/α,β-unsaturated/α-hetero) is 1. The van der Waals surface area contributed by atoms with Crippen molar-refractivity contribution < 1.29 is 14.3 Å². The Hall–Kier alpha value is -2.84. The third-order valence-electron chi connectivity index (χ3n) is 3.24. The molecule has 2 aromatic rings. The second-order valence-corrected chi connectivity index (χ2v) is 5.26. The molecule has 0 unspecified atom stereocenters. The van der Waals surface area contributed by atoms with Gasteiger partial charge in [0.15, 0.2) is 11.7 Å². The predicted molar refractivity (Wildman–Crippen MR) is 91.1 cm³/mol. The number of nitriles is 1. The molecule has 6 heteroatoms. The largest absolute Gasteiger partial charge is 0.494 e. The lowest BCUT2D eigenvalue weighted by molar-refractivity contribution is -0.117. The third-order valence-corrected chi connectivity index (χ3v) is 3.56. The normalized spacial score (nSPS) is 11.2. The molecule has 0 radical (unpaired) electrons. The second kappa shape index (κ2) is 8.14. The quantitative estimate of drug-likeness (QED) is 0.641. The first-order chi connectivity index (χ1) is 11.6. The Balaban J connectivity index is 2.15. The molecule has 0 saturated heterocycles. The maximum absolute atomic E-state index is 12.4. The highest BCUT2D eigenvalue weighted by Gasteiger charge is 2.28. The minimum Gasteiger partial charge on any atom is -0.494 e. The predicted octanol–water partition coefficient (Wildman–Crippen LogP) is 3.70. The van der Waals surface area contributed by atoms with Crippen LogP contribution in [0.15, 0.2) is 48.5 Å². The zero-order valence-electron chi connectivity index (χ0n) is 13.0. The van der Waals surface area contributed by atoms with E-state index >= 15 is 0 Å². The van der Waals surface area contributed by atoms with Crippen molar-refractivity contribution in [3.8, 4) is 11.8 Å². The number of carbonyl (C=O) groups excluding carboxylic acids is 2. The summed E-state index contributed by atoms with van der Waals surface area (Å²) in [7, 11) is 0. The molecule has 2 aromatic carbocycles. The maximum Gasteiger partial charge on any atom is 0.249 e. The number of amides is 1. The average Bonchev–Trinajstić information content (AvgIpc) is 2.58. The van der Waals surface area contributed by atoms with Gasteiger partial charge in [-0.1, -0.05) is 23.7 Å². The maximum atomic E-state index is 12.4. The van der Waals surface area contributed by atoms with Gasteiger partial charge in [0.1, 0.15) is 5.75 Å². The van der Waals surface area contributed by atoms with Gasteiger partial charge in [0.05, 0.1) is 23.4 Å². The van der Waals surface area contributed by atoms with Crippen molar-refractivity contribution in [2.75, 3.05) is 11.9 Å². The van der Waals surface area contributed by atoms with Crippen LogP contribution >= 0.6 is 11.6 Å². The van der Waals surface area contributed by atoms with Crippen LogP contribution in [0.2, 0.25) is 5.02 Å². The number of anilines is 1. The van der Waals surface area contributed by atoms with E-state index in [4.69, 9.17) is 16.3 Å². The molecule has 0 heterocycles. The van der Waals surface area contributed by atoms with Crippen molar-refractivity contribution in [2.24, 2.45) is 5.92 Å². The van der Waals surface area contributed by atoms with Crippen LogP contribution in [0.25, 0.3) is 0 Å². The Morgan fingerprint density at radius 1 is 1.21 bits per heavy atom. The summed E-state index contributed by atoms with van der Waals surface area (Å²) in [5.74, 6) is -2.14. The van der Waals surface area contributed by atoms with Crippen molar-refractivity contribution in [1.29, 1.82) is 5.26 Å². The molecule has 0 fully saturated rings. The van der Waals surface area contributed by atoms with Crippen LogP contribution in [-0.4, -0.2) is 18.3 Å². The summed E-state index contributed by atoms with van der Waals surface area (Å²) in [5, 5.41) is 12.1. The molecule has 2 rings (SSSR count). The molecule has 122 valence electrons. The monoisotopic (exact) mass is 342 g/mol. The number of para-hydroxylation sites is 1. The van der Waals surface area contributed by atoms with Crippen molar-refractivity contribution in [3.05, 3.63) is 59.1 Å². The lowest BCUT2D eigenvalue weighted by atomic mass is 9.98. The number of rotatable bonds is 6. The highest BCUT2D eigenvalue weighted by Crippen LogP contribution is 2.22. The molecule has 1 amide bonds. The molecule has 0 aliphatic rings. The molecular weight excluding hydrogens is 328 g/mol. The van der Waals surface area contributed by atoms with Gasteiger partial charge in [-0.25, -0.2) is 0 Å². The van der Waals surface area contributed by atoms with E-state index in [0.717, 1.165) is 0 Å². The molecule has 0 bridgehead atoms. The number of halogens is 1. The second-order valence-electron chi connectivity index (χ2n) is 4.85. The first-order valence-electron chi connectivity index (χ1n) is 7.29. The lowest BCUT2D eigenvalue weighted by Crippen LogP contribution is -2.28. The first kappa shape index (κ1) is 17.5. The van der Waals surface area contributed by atoms with Gasteiger partial charge in [-0.3, -0.25) is 9.59 Å². The van der Waals surface area contributed by atoms with E-state index in [1.807, 2.05) is 6.92 Å². The summed E-state index contributed by atoms with van der Waals surface area (Å²) >= 11 is 5.96. The lowest BCUT2D eigenvalue weighted by Gasteiger charge is -2.11. The van der Waals surface area contributed by atoms with Gasteiger partial charge in [0.25, 0.3) is 0 Å². The number of nitrogens with one attached hydrogen (secondary N) is 1. The number of nitrogens with zero attached hydrogens (tertiary/aromatic N) is 1. The van der Waals surface area contributed by atoms with E-state index in [1.54, 1.807) is 42.5 Å². The molecule has 0 spiro atoms. The average molecular weight is 343 g/mol. The summed E-state index contributed by atoms with van der Waals surface area (Å²) in [6.07, 6.45) is 0. The van der Waals surface area contributed by atoms with Gasteiger partial charge in [0.2, 0.25) is 5.91 Å². The van der Waals surface area contributed by atoms with Crippen LogP contribution in [0.5, 0.6) is 5.75 Å². The van der Waals surface area contributed by atoms with E-state index in [0.29, 0.717) is 23.1 Å². The van der Waals surface area contributed by atoms with Crippen LogP contribution in [-0.2, 0) is 4.79 Å². The van der Waals surface area contributed by atoms with Gasteiger partial charge in [-0.05, 0) is 43.3 Å². The molecule has 24 heavy (non-hydrogen) atoms. The molecule has 0 aliphatic carbocycles. The summed E-state index contributed by atoms with van der Waals surface area (Å²) in [5.41, 5.74) is 0.614. The summed E-state index contributed by atoms with van der Waals surface area (Å²) < 4.78 is 5.30.